The van der Waals surface area contributed by atoms with E-state index in [1.54, 1.807) is 6.92 Å². The van der Waals surface area contributed by atoms with Gasteiger partial charge in [0.25, 0.3) is 0 Å². The molecule has 2 nitrogen and oxygen atoms in total. The molecule has 3 heteroatoms. The summed E-state index contributed by atoms with van der Waals surface area (Å²) in [4.78, 5) is 0. The molecule has 2 saturated heterocycles. The van der Waals surface area contributed by atoms with Crippen LogP contribution in [-0.4, -0.2) is 31.5 Å². The van der Waals surface area contributed by atoms with Crippen molar-refractivity contribution in [3.8, 4) is 0 Å². The molecule has 2 heterocycles. The highest BCUT2D eigenvalue weighted by Crippen LogP contribution is 2.33. The maximum absolute atomic E-state index is 14.6. The standard InChI is InChI=1S/C14H26FNO/c1-14(15,12-5-3-9-16-11-12)8-2-6-13-7-4-10-17-13/h12-13,16H,2-11H2,1H3. The molecule has 0 radical (unpaired) electrons. The van der Waals surface area contributed by atoms with Crippen molar-refractivity contribution in [2.75, 3.05) is 19.7 Å². The Morgan fingerprint density at radius 1 is 1.35 bits per heavy atom. The van der Waals surface area contributed by atoms with E-state index < -0.39 is 5.67 Å². The summed E-state index contributed by atoms with van der Waals surface area (Å²) in [5.74, 6) is 0.209. The molecule has 0 saturated carbocycles. The van der Waals surface area contributed by atoms with Gasteiger partial charge in [0.1, 0.15) is 5.67 Å². The van der Waals surface area contributed by atoms with Crippen molar-refractivity contribution < 1.29 is 9.13 Å². The van der Waals surface area contributed by atoms with E-state index in [0.717, 1.165) is 45.4 Å². The van der Waals surface area contributed by atoms with Gasteiger partial charge >= 0.3 is 0 Å². The molecule has 0 spiro atoms. The van der Waals surface area contributed by atoms with E-state index in [0.29, 0.717) is 12.5 Å². The Labute approximate surface area is 104 Å². The van der Waals surface area contributed by atoms with Gasteiger partial charge in [0.2, 0.25) is 0 Å². The Balaban J connectivity index is 1.68. The van der Waals surface area contributed by atoms with Gasteiger partial charge in [0, 0.05) is 19.1 Å². The molecule has 0 aromatic carbocycles. The van der Waals surface area contributed by atoms with Crippen LogP contribution in [0.15, 0.2) is 0 Å². The lowest BCUT2D eigenvalue weighted by Gasteiger charge is -2.34. The molecular formula is C14H26FNO. The fourth-order valence-electron chi connectivity index (χ4n) is 3.12. The van der Waals surface area contributed by atoms with Gasteiger partial charge in [-0.3, -0.25) is 0 Å². The lowest BCUT2D eigenvalue weighted by molar-refractivity contribution is 0.0589. The largest absolute Gasteiger partial charge is 0.378 e. The maximum Gasteiger partial charge on any atom is 0.112 e. The van der Waals surface area contributed by atoms with E-state index in [-0.39, 0.29) is 5.92 Å². The molecule has 2 aliphatic heterocycles. The summed E-state index contributed by atoms with van der Waals surface area (Å²) in [5, 5.41) is 3.31. The first kappa shape index (κ1) is 13.3. The lowest BCUT2D eigenvalue weighted by Crippen LogP contribution is -2.41. The number of hydrogen-bond donors (Lipinski definition) is 1. The first-order valence-electron chi connectivity index (χ1n) is 7.20. The number of halogens is 1. The van der Waals surface area contributed by atoms with Crippen molar-refractivity contribution in [1.82, 2.24) is 5.32 Å². The summed E-state index contributed by atoms with van der Waals surface area (Å²) in [5.41, 5.74) is -0.994. The van der Waals surface area contributed by atoms with Crippen LogP contribution in [0.3, 0.4) is 0 Å². The Morgan fingerprint density at radius 2 is 2.24 bits per heavy atom. The summed E-state index contributed by atoms with van der Waals surface area (Å²) < 4.78 is 20.1. The monoisotopic (exact) mass is 243 g/mol. The van der Waals surface area contributed by atoms with Crippen LogP contribution in [0.25, 0.3) is 0 Å². The Bertz CT molecular complexity index is 220. The zero-order valence-corrected chi connectivity index (χ0v) is 11.0. The molecule has 3 atom stereocenters. The molecule has 2 fully saturated rings. The summed E-state index contributed by atoms with van der Waals surface area (Å²) in [6.45, 7) is 4.61. The van der Waals surface area contributed by atoms with Crippen molar-refractivity contribution in [1.29, 1.82) is 0 Å². The van der Waals surface area contributed by atoms with Gasteiger partial charge in [0.15, 0.2) is 0 Å². The summed E-state index contributed by atoms with van der Waals surface area (Å²) >= 11 is 0. The highest BCUT2D eigenvalue weighted by molar-refractivity contribution is 4.86. The van der Waals surface area contributed by atoms with Crippen LogP contribution in [-0.2, 0) is 4.74 Å². The molecule has 3 unspecified atom stereocenters. The van der Waals surface area contributed by atoms with E-state index >= 15 is 0 Å². The van der Waals surface area contributed by atoms with E-state index in [1.807, 2.05) is 0 Å². The smallest absolute Gasteiger partial charge is 0.112 e. The summed E-state index contributed by atoms with van der Waals surface area (Å²) in [7, 11) is 0. The minimum atomic E-state index is -0.994. The quantitative estimate of drug-likeness (QED) is 0.801. The van der Waals surface area contributed by atoms with Gasteiger partial charge in [0.05, 0.1) is 6.10 Å². The van der Waals surface area contributed by atoms with E-state index in [1.165, 1.54) is 12.8 Å². The van der Waals surface area contributed by atoms with Gasteiger partial charge in [-0.05, 0) is 58.4 Å². The average molecular weight is 243 g/mol. The third kappa shape index (κ3) is 3.92. The molecule has 0 aromatic rings. The molecule has 17 heavy (non-hydrogen) atoms. The summed E-state index contributed by atoms with van der Waals surface area (Å²) in [6.07, 6.45) is 7.64. The summed E-state index contributed by atoms with van der Waals surface area (Å²) in [6, 6.07) is 0. The van der Waals surface area contributed by atoms with Gasteiger partial charge in [-0.2, -0.15) is 0 Å². The van der Waals surface area contributed by atoms with Crippen LogP contribution in [0, 0.1) is 5.92 Å². The predicted molar refractivity (Wildman–Crippen MR) is 67.9 cm³/mol. The van der Waals surface area contributed by atoms with Crippen LogP contribution in [0.2, 0.25) is 0 Å². The van der Waals surface area contributed by atoms with Gasteiger partial charge in [-0.25, -0.2) is 4.39 Å². The second-order valence-electron chi connectivity index (χ2n) is 5.85. The van der Waals surface area contributed by atoms with Gasteiger partial charge in [-0.1, -0.05) is 0 Å². The third-order valence-electron chi connectivity index (χ3n) is 4.36. The topological polar surface area (TPSA) is 21.3 Å². The third-order valence-corrected chi connectivity index (χ3v) is 4.36. The van der Waals surface area contributed by atoms with Gasteiger partial charge in [-0.15, -0.1) is 0 Å². The number of alkyl halides is 1. The van der Waals surface area contributed by atoms with Crippen molar-refractivity contribution >= 4 is 0 Å². The molecule has 0 bridgehead atoms. The number of hydrogen-bond acceptors (Lipinski definition) is 2. The molecule has 2 rings (SSSR count). The lowest BCUT2D eigenvalue weighted by atomic mass is 9.81. The van der Waals surface area contributed by atoms with E-state index in [2.05, 4.69) is 5.32 Å². The Morgan fingerprint density at radius 3 is 2.88 bits per heavy atom. The van der Waals surface area contributed by atoms with Crippen LogP contribution in [0.1, 0.15) is 51.9 Å². The maximum atomic E-state index is 14.6. The molecule has 2 aliphatic rings. The average Bonchev–Trinajstić information content (AvgIpc) is 2.83. The fourth-order valence-corrected chi connectivity index (χ4v) is 3.12. The molecule has 0 aliphatic carbocycles. The van der Waals surface area contributed by atoms with Crippen LogP contribution in [0.5, 0.6) is 0 Å². The van der Waals surface area contributed by atoms with Crippen molar-refractivity contribution in [2.45, 2.75) is 63.6 Å². The number of rotatable bonds is 5. The zero-order chi connectivity index (χ0) is 12.1. The Hall–Kier alpha value is -0.150. The number of piperidine rings is 1. The van der Waals surface area contributed by atoms with Crippen LogP contribution < -0.4 is 5.32 Å². The van der Waals surface area contributed by atoms with Crippen LogP contribution >= 0.6 is 0 Å². The van der Waals surface area contributed by atoms with Crippen molar-refractivity contribution in [3.63, 3.8) is 0 Å². The van der Waals surface area contributed by atoms with E-state index in [4.69, 9.17) is 4.74 Å². The molecular weight excluding hydrogens is 217 g/mol. The SMILES string of the molecule is CC(F)(CCCC1CCCO1)C1CCCNC1. The second-order valence-corrected chi connectivity index (χ2v) is 5.85. The number of nitrogens with one attached hydrogen (secondary N) is 1. The number of ether oxygens (including phenoxy) is 1. The Kier molecular flexibility index (Phi) is 4.80. The van der Waals surface area contributed by atoms with Crippen molar-refractivity contribution in [3.05, 3.63) is 0 Å². The fraction of sp³-hybridized carbons (Fsp3) is 1.00. The molecule has 0 amide bonds. The molecule has 100 valence electrons. The van der Waals surface area contributed by atoms with Crippen molar-refractivity contribution in [2.24, 2.45) is 5.92 Å². The molecule has 0 aromatic heterocycles. The normalized spacial score (nSPS) is 33.5. The predicted octanol–water partition coefficient (Wildman–Crippen LogP) is 3.06. The van der Waals surface area contributed by atoms with E-state index in [9.17, 15) is 4.39 Å². The highest BCUT2D eigenvalue weighted by atomic mass is 19.1. The molecule has 1 N–H and O–H groups in total. The minimum Gasteiger partial charge on any atom is -0.378 e. The van der Waals surface area contributed by atoms with Gasteiger partial charge < -0.3 is 10.1 Å². The van der Waals surface area contributed by atoms with Crippen LogP contribution in [0.4, 0.5) is 4.39 Å². The first-order valence-corrected chi connectivity index (χ1v) is 7.20. The second kappa shape index (κ2) is 6.14. The minimum absolute atomic E-state index is 0.209. The zero-order valence-electron chi connectivity index (χ0n) is 11.0. The first-order chi connectivity index (χ1) is 8.18. The highest BCUT2D eigenvalue weighted by Gasteiger charge is 2.34.